The number of rotatable bonds is 9. The van der Waals surface area contributed by atoms with Crippen molar-refractivity contribution in [3.63, 3.8) is 0 Å². The highest BCUT2D eigenvalue weighted by atomic mass is 16.4. The number of carboxylic acid groups (broad SMARTS) is 1. The summed E-state index contributed by atoms with van der Waals surface area (Å²) in [6.45, 7) is 2.00. The van der Waals surface area contributed by atoms with Crippen molar-refractivity contribution in [1.82, 2.24) is 10.6 Å². The molecule has 98 valence electrons. The van der Waals surface area contributed by atoms with Crippen LogP contribution in [0.4, 0.5) is 0 Å². The zero-order chi connectivity index (χ0) is 13.3. The summed E-state index contributed by atoms with van der Waals surface area (Å²) in [6.07, 6.45) is 1.73. The third-order valence-corrected chi connectivity index (χ3v) is 2.05. The molecule has 7 heteroatoms. The Hall–Kier alpha value is -1.63. The van der Waals surface area contributed by atoms with Crippen LogP contribution in [-0.2, 0) is 14.4 Å². The molecular weight excluding hydrogens is 226 g/mol. The monoisotopic (exact) mass is 245 g/mol. The van der Waals surface area contributed by atoms with E-state index in [2.05, 4.69) is 10.6 Å². The van der Waals surface area contributed by atoms with E-state index in [9.17, 15) is 14.4 Å². The molecule has 5 N–H and O–H groups in total. The Bertz CT molecular complexity index is 281. The number of primary amides is 1. The zero-order valence-electron chi connectivity index (χ0n) is 9.86. The van der Waals surface area contributed by atoms with Gasteiger partial charge in [-0.2, -0.15) is 0 Å². The largest absolute Gasteiger partial charge is 0.480 e. The van der Waals surface area contributed by atoms with Gasteiger partial charge >= 0.3 is 5.97 Å². The molecule has 0 aliphatic rings. The van der Waals surface area contributed by atoms with Gasteiger partial charge in [0, 0.05) is 19.9 Å². The minimum Gasteiger partial charge on any atom is -0.480 e. The van der Waals surface area contributed by atoms with Gasteiger partial charge in [-0.15, -0.1) is 0 Å². The third-order valence-electron chi connectivity index (χ3n) is 2.05. The molecule has 0 spiro atoms. The summed E-state index contributed by atoms with van der Waals surface area (Å²) >= 11 is 0. The number of hydrogen-bond acceptors (Lipinski definition) is 4. The van der Waals surface area contributed by atoms with E-state index in [-0.39, 0.29) is 18.4 Å². The summed E-state index contributed by atoms with van der Waals surface area (Å²) in [5.41, 5.74) is 4.97. The first-order valence-electron chi connectivity index (χ1n) is 5.42. The highest BCUT2D eigenvalue weighted by molar-refractivity contribution is 5.82. The summed E-state index contributed by atoms with van der Waals surface area (Å²) in [7, 11) is 0. The minimum absolute atomic E-state index is 0.158. The van der Waals surface area contributed by atoms with Gasteiger partial charge in [0.2, 0.25) is 11.8 Å². The van der Waals surface area contributed by atoms with Crippen molar-refractivity contribution in [2.45, 2.75) is 32.2 Å². The molecule has 0 saturated carbocycles. The smallest absolute Gasteiger partial charge is 0.327 e. The average Bonchev–Trinajstić information content (AvgIpc) is 2.20. The molecule has 0 heterocycles. The second kappa shape index (κ2) is 8.51. The van der Waals surface area contributed by atoms with E-state index >= 15 is 0 Å². The fraction of sp³-hybridized carbons (Fsp3) is 0.700. The molecular formula is C10H19N3O4. The Labute approximate surface area is 99.7 Å². The molecule has 0 bridgehead atoms. The Kier molecular flexibility index (Phi) is 7.70. The van der Waals surface area contributed by atoms with E-state index < -0.39 is 12.0 Å². The van der Waals surface area contributed by atoms with Crippen LogP contribution in [0, 0.1) is 0 Å². The van der Waals surface area contributed by atoms with Crippen molar-refractivity contribution < 1.29 is 19.5 Å². The summed E-state index contributed by atoms with van der Waals surface area (Å²) in [6, 6.07) is -0.927. The fourth-order valence-electron chi connectivity index (χ4n) is 1.24. The Morgan fingerprint density at radius 3 is 2.41 bits per heavy atom. The average molecular weight is 245 g/mol. The number of hydrogen-bond donors (Lipinski definition) is 4. The van der Waals surface area contributed by atoms with Gasteiger partial charge in [-0.3, -0.25) is 9.59 Å². The van der Waals surface area contributed by atoms with Crippen LogP contribution in [0.25, 0.3) is 0 Å². The number of nitrogens with one attached hydrogen (secondary N) is 2. The van der Waals surface area contributed by atoms with Crippen molar-refractivity contribution in [2.75, 3.05) is 13.1 Å². The topological polar surface area (TPSA) is 122 Å². The first-order valence-corrected chi connectivity index (χ1v) is 5.42. The molecule has 7 nitrogen and oxygen atoms in total. The summed E-state index contributed by atoms with van der Waals surface area (Å²) in [4.78, 5) is 31.9. The van der Waals surface area contributed by atoms with Crippen molar-refractivity contribution in [3.8, 4) is 0 Å². The maximum atomic E-state index is 10.7. The van der Waals surface area contributed by atoms with Crippen LogP contribution in [0.5, 0.6) is 0 Å². The Morgan fingerprint density at radius 2 is 1.94 bits per heavy atom. The first-order chi connectivity index (χ1) is 7.93. The molecule has 17 heavy (non-hydrogen) atoms. The highest BCUT2D eigenvalue weighted by Gasteiger charge is 2.17. The van der Waals surface area contributed by atoms with Gasteiger partial charge in [-0.05, 0) is 19.4 Å². The summed E-state index contributed by atoms with van der Waals surface area (Å²) < 4.78 is 0. The Morgan fingerprint density at radius 1 is 1.29 bits per heavy atom. The molecule has 1 atom stereocenters. The van der Waals surface area contributed by atoms with Gasteiger partial charge in [-0.25, -0.2) is 4.79 Å². The van der Waals surface area contributed by atoms with Gasteiger partial charge in [0.05, 0.1) is 0 Å². The maximum Gasteiger partial charge on any atom is 0.327 e. The lowest BCUT2D eigenvalue weighted by Crippen LogP contribution is -2.46. The lowest BCUT2D eigenvalue weighted by molar-refractivity contribution is -0.141. The predicted molar refractivity (Wildman–Crippen MR) is 61.2 cm³/mol. The summed E-state index contributed by atoms with van der Waals surface area (Å²) in [5.74, 6) is -1.80. The van der Waals surface area contributed by atoms with Crippen LogP contribution in [0.15, 0.2) is 0 Å². The number of carbonyl (C=O) groups excluding carboxylic acids is 2. The van der Waals surface area contributed by atoms with Crippen LogP contribution >= 0.6 is 0 Å². The van der Waals surface area contributed by atoms with Crippen molar-refractivity contribution in [1.29, 1.82) is 0 Å². The standard InChI is InChI=1S/C10H19N3O4/c1-7(14)13-8(10(16)17)6-12-5-3-2-4-9(11)15/h8,12H,2-6H2,1H3,(H2,11,15)(H,13,14)(H,16,17). The molecule has 0 aliphatic heterocycles. The quantitative estimate of drug-likeness (QED) is 0.381. The van der Waals surface area contributed by atoms with Gasteiger partial charge in [0.1, 0.15) is 6.04 Å². The number of aliphatic carboxylic acids is 1. The molecule has 2 amide bonds. The maximum absolute atomic E-state index is 10.7. The van der Waals surface area contributed by atoms with Crippen LogP contribution in [0.3, 0.4) is 0 Å². The van der Waals surface area contributed by atoms with Crippen LogP contribution in [-0.4, -0.2) is 42.0 Å². The normalized spacial score (nSPS) is 11.8. The second-order valence-electron chi connectivity index (χ2n) is 3.72. The molecule has 0 saturated heterocycles. The van der Waals surface area contributed by atoms with Gasteiger partial charge in [0.15, 0.2) is 0 Å². The zero-order valence-corrected chi connectivity index (χ0v) is 9.86. The molecule has 0 aliphatic carbocycles. The number of nitrogens with two attached hydrogens (primary N) is 1. The highest BCUT2D eigenvalue weighted by Crippen LogP contribution is 1.92. The van der Waals surface area contributed by atoms with E-state index in [0.29, 0.717) is 19.4 Å². The van der Waals surface area contributed by atoms with E-state index in [1.54, 1.807) is 0 Å². The van der Waals surface area contributed by atoms with Crippen molar-refractivity contribution >= 4 is 17.8 Å². The van der Waals surface area contributed by atoms with Gasteiger partial charge in [-0.1, -0.05) is 0 Å². The van der Waals surface area contributed by atoms with E-state index in [1.165, 1.54) is 6.92 Å². The van der Waals surface area contributed by atoms with Crippen LogP contribution in [0.1, 0.15) is 26.2 Å². The number of unbranched alkanes of at least 4 members (excludes halogenated alkanes) is 1. The summed E-state index contributed by atoms with van der Waals surface area (Å²) in [5, 5.41) is 14.0. The minimum atomic E-state index is -1.08. The third kappa shape index (κ3) is 9.31. The number of carboxylic acids is 1. The lowest BCUT2D eigenvalue weighted by atomic mass is 10.2. The second-order valence-corrected chi connectivity index (χ2v) is 3.72. The first kappa shape index (κ1) is 15.4. The van der Waals surface area contributed by atoms with Crippen LogP contribution in [0.2, 0.25) is 0 Å². The van der Waals surface area contributed by atoms with Gasteiger partial charge in [0.25, 0.3) is 0 Å². The number of amides is 2. The molecule has 0 aromatic heterocycles. The van der Waals surface area contributed by atoms with Crippen molar-refractivity contribution in [2.24, 2.45) is 5.73 Å². The van der Waals surface area contributed by atoms with Gasteiger partial charge < -0.3 is 21.5 Å². The molecule has 1 unspecified atom stereocenters. The number of carbonyl (C=O) groups is 3. The predicted octanol–water partition coefficient (Wildman–Crippen LogP) is -1.18. The van der Waals surface area contributed by atoms with E-state index in [1.807, 2.05) is 0 Å². The molecule has 0 aromatic carbocycles. The lowest BCUT2D eigenvalue weighted by Gasteiger charge is -2.13. The van der Waals surface area contributed by atoms with E-state index in [0.717, 1.165) is 6.42 Å². The van der Waals surface area contributed by atoms with E-state index in [4.69, 9.17) is 10.8 Å². The SMILES string of the molecule is CC(=O)NC(CNCCCCC(N)=O)C(=O)O. The van der Waals surface area contributed by atoms with Crippen LogP contribution < -0.4 is 16.4 Å². The fourth-order valence-corrected chi connectivity index (χ4v) is 1.24. The Balaban J connectivity index is 3.65. The molecule has 0 aromatic rings. The molecule has 0 rings (SSSR count). The molecule has 0 fully saturated rings. The van der Waals surface area contributed by atoms with Crippen molar-refractivity contribution in [3.05, 3.63) is 0 Å². The molecule has 0 radical (unpaired) electrons.